The van der Waals surface area contributed by atoms with E-state index in [1.54, 1.807) is 0 Å². The summed E-state index contributed by atoms with van der Waals surface area (Å²) in [5.41, 5.74) is -0.925. The number of nitriles is 2. The van der Waals surface area contributed by atoms with E-state index in [1.807, 2.05) is 12.1 Å². The normalized spacial score (nSPS) is 19.4. The van der Waals surface area contributed by atoms with Gasteiger partial charge in [-0.25, -0.2) is 0 Å². The highest BCUT2D eigenvalue weighted by atomic mass is 16.2. The third-order valence-electron chi connectivity index (χ3n) is 1.79. The predicted octanol–water partition coefficient (Wildman–Crippen LogP) is -0.118. The van der Waals surface area contributed by atoms with Gasteiger partial charge in [-0.2, -0.15) is 10.5 Å². The number of carbonyl (C=O) groups excluding carboxylic acids is 1. The summed E-state index contributed by atoms with van der Waals surface area (Å²) in [5, 5.41) is 17.1. The van der Waals surface area contributed by atoms with Crippen molar-refractivity contribution in [2.45, 2.75) is 6.92 Å². The van der Waals surface area contributed by atoms with Crippen LogP contribution in [0.3, 0.4) is 0 Å². The van der Waals surface area contributed by atoms with Gasteiger partial charge in [0.2, 0.25) is 5.91 Å². The molecule has 1 heterocycles. The summed E-state index contributed by atoms with van der Waals surface area (Å²) in [7, 11) is 0. The Morgan fingerprint density at radius 2 is 1.91 bits per heavy atom. The van der Waals surface area contributed by atoms with E-state index in [2.05, 4.69) is 0 Å². The average Bonchev–Trinajstić information content (AvgIpc) is 1.87. The largest absolute Gasteiger partial charge is 0.337 e. The van der Waals surface area contributed by atoms with E-state index in [4.69, 9.17) is 10.5 Å². The number of hydrogen-bond donors (Lipinski definition) is 0. The van der Waals surface area contributed by atoms with Gasteiger partial charge >= 0.3 is 0 Å². The van der Waals surface area contributed by atoms with Crippen molar-refractivity contribution in [1.82, 2.24) is 4.90 Å². The molecule has 1 saturated heterocycles. The minimum absolute atomic E-state index is 0.0777. The Labute approximate surface area is 64.6 Å². The molecule has 0 N–H and O–H groups in total. The predicted molar refractivity (Wildman–Crippen MR) is 35.9 cm³/mol. The fourth-order valence-corrected chi connectivity index (χ4v) is 0.994. The molecule has 0 aliphatic carbocycles. The van der Waals surface area contributed by atoms with E-state index in [9.17, 15) is 4.79 Å². The van der Waals surface area contributed by atoms with Gasteiger partial charge in [-0.15, -0.1) is 0 Å². The van der Waals surface area contributed by atoms with Crippen LogP contribution in [0, 0.1) is 28.1 Å². The molecule has 0 unspecified atom stereocenters. The third-order valence-corrected chi connectivity index (χ3v) is 1.79. The molecule has 0 atom stereocenters. The second-order valence-electron chi connectivity index (χ2n) is 2.68. The van der Waals surface area contributed by atoms with Crippen molar-refractivity contribution < 1.29 is 4.79 Å². The Morgan fingerprint density at radius 1 is 1.45 bits per heavy atom. The molecule has 0 bridgehead atoms. The van der Waals surface area contributed by atoms with Crippen molar-refractivity contribution in [1.29, 1.82) is 10.5 Å². The van der Waals surface area contributed by atoms with Crippen LogP contribution in [0.15, 0.2) is 0 Å². The summed E-state index contributed by atoms with van der Waals surface area (Å²) >= 11 is 0. The van der Waals surface area contributed by atoms with E-state index in [0.29, 0.717) is 0 Å². The molecular weight excluding hydrogens is 142 g/mol. The molecule has 0 saturated carbocycles. The van der Waals surface area contributed by atoms with Crippen LogP contribution in [-0.4, -0.2) is 23.9 Å². The highest BCUT2D eigenvalue weighted by molar-refractivity contribution is 5.75. The van der Waals surface area contributed by atoms with Crippen molar-refractivity contribution >= 4 is 5.91 Å². The maximum absolute atomic E-state index is 10.7. The van der Waals surface area contributed by atoms with Crippen LogP contribution in [0.1, 0.15) is 6.92 Å². The maximum Gasteiger partial charge on any atom is 0.219 e. The van der Waals surface area contributed by atoms with Crippen LogP contribution in [0.2, 0.25) is 0 Å². The molecule has 1 aliphatic rings. The monoisotopic (exact) mass is 149 g/mol. The van der Waals surface area contributed by atoms with Crippen LogP contribution in [0.25, 0.3) is 0 Å². The van der Waals surface area contributed by atoms with Gasteiger partial charge in [0.05, 0.1) is 25.2 Å². The molecule has 0 spiro atoms. The Kier molecular flexibility index (Phi) is 1.54. The lowest BCUT2D eigenvalue weighted by Crippen LogP contribution is -2.56. The number of rotatable bonds is 0. The molecule has 0 aromatic heterocycles. The first kappa shape index (κ1) is 7.56. The summed E-state index contributed by atoms with van der Waals surface area (Å²) < 4.78 is 0. The molecule has 1 rings (SSSR count). The zero-order valence-electron chi connectivity index (χ0n) is 6.16. The lowest BCUT2D eigenvalue weighted by Gasteiger charge is -2.40. The van der Waals surface area contributed by atoms with Crippen LogP contribution >= 0.6 is 0 Å². The van der Waals surface area contributed by atoms with Crippen LogP contribution in [0.5, 0.6) is 0 Å². The Balaban J connectivity index is 2.59. The van der Waals surface area contributed by atoms with Gasteiger partial charge < -0.3 is 4.90 Å². The SMILES string of the molecule is CC(=O)N1CC(C#N)(C#N)C1. The van der Waals surface area contributed by atoms with Gasteiger partial charge in [-0.3, -0.25) is 4.79 Å². The molecule has 0 radical (unpaired) electrons. The van der Waals surface area contributed by atoms with Gasteiger partial charge in [0, 0.05) is 6.92 Å². The van der Waals surface area contributed by atoms with E-state index >= 15 is 0 Å². The molecule has 1 fully saturated rings. The second kappa shape index (κ2) is 2.25. The summed E-state index contributed by atoms with van der Waals surface area (Å²) in [6, 6.07) is 3.79. The zero-order valence-corrected chi connectivity index (χ0v) is 6.16. The van der Waals surface area contributed by atoms with E-state index in [0.717, 1.165) is 0 Å². The molecular formula is C7H7N3O. The highest BCUT2D eigenvalue weighted by Crippen LogP contribution is 2.28. The topological polar surface area (TPSA) is 67.9 Å². The summed E-state index contributed by atoms with van der Waals surface area (Å²) in [4.78, 5) is 12.1. The van der Waals surface area contributed by atoms with Crippen LogP contribution in [0.4, 0.5) is 0 Å². The zero-order chi connectivity index (χ0) is 8.48. The summed E-state index contributed by atoms with van der Waals surface area (Å²) in [6.07, 6.45) is 0. The number of likely N-dealkylation sites (tertiary alicyclic amines) is 1. The fourth-order valence-electron chi connectivity index (χ4n) is 0.994. The van der Waals surface area contributed by atoms with Gasteiger partial charge in [-0.1, -0.05) is 0 Å². The van der Waals surface area contributed by atoms with E-state index < -0.39 is 5.41 Å². The number of nitrogens with zero attached hydrogens (tertiary/aromatic N) is 3. The maximum atomic E-state index is 10.7. The van der Waals surface area contributed by atoms with Crippen molar-refractivity contribution in [2.75, 3.05) is 13.1 Å². The van der Waals surface area contributed by atoms with Gasteiger partial charge in [-0.05, 0) is 0 Å². The van der Waals surface area contributed by atoms with Crippen molar-refractivity contribution in [3.8, 4) is 12.1 Å². The third kappa shape index (κ3) is 1.03. The Bertz CT molecular complexity index is 248. The number of amides is 1. The molecule has 0 aromatic carbocycles. The molecule has 4 nitrogen and oxygen atoms in total. The van der Waals surface area contributed by atoms with Gasteiger partial charge in [0.1, 0.15) is 0 Å². The van der Waals surface area contributed by atoms with Gasteiger partial charge in [0.25, 0.3) is 0 Å². The standard InChI is InChI=1S/C7H7N3O/c1-6(11)10-4-7(2-8,3-9)5-10/h4-5H2,1H3. The van der Waals surface area contributed by atoms with E-state index in [-0.39, 0.29) is 19.0 Å². The minimum Gasteiger partial charge on any atom is -0.337 e. The lowest BCUT2D eigenvalue weighted by molar-refractivity contribution is -0.135. The summed E-state index contributed by atoms with van der Waals surface area (Å²) in [5.74, 6) is -0.0777. The summed E-state index contributed by atoms with van der Waals surface area (Å²) in [6.45, 7) is 1.95. The first-order chi connectivity index (χ1) is 5.13. The first-order valence-electron chi connectivity index (χ1n) is 3.21. The van der Waals surface area contributed by atoms with Crippen LogP contribution in [-0.2, 0) is 4.79 Å². The minimum atomic E-state index is -0.925. The van der Waals surface area contributed by atoms with Crippen molar-refractivity contribution in [2.24, 2.45) is 5.41 Å². The van der Waals surface area contributed by atoms with Crippen molar-refractivity contribution in [3.05, 3.63) is 0 Å². The average molecular weight is 149 g/mol. The van der Waals surface area contributed by atoms with E-state index in [1.165, 1.54) is 11.8 Å². The number of carbonyl (C=O) groups is 1. The molecule has 11 heavy (non-hydrogen) atoms. The molecule has 1 aliphatic heterocycles. The fraction of sp³-hybridized carbons (Fsp3) is 0.571. The smallest absolute Gasteiger partial charge is 0.219 e. The molecule has 4 heteroatoms. The Hall–Kier alpha value is -1.55. The lowest BCUT2D eigenvalue weighted by atomic mass is 9.83. The molecule has 1 amide bonds. The quantitative estimate of drug-likeness (QED) is 0.482. The highest BCUT2D eigenvalue weighted by Gasteiger charge is 2.45. The van der Waals surface area contributed by atoms with Crippen LogP contribution < -0.4 is 0 Å². The van der Waals surface area contributed by atoms with Crippen molar-refractivity contribution in [3.63, 3.8) is 0 Å². The molecule has 0 aromatic rings. The Morgan fingerprint density at radius 3 is 2.18 bits per heavy atom. The molecule has 56 valence electrons. The first-order valence-corrected chi connectivity index (χ1v) is 3.21. The van der Waals surface area contributed by atoms with Gasteiger partial charge in [0.15, 0.2) is 5.41 Å². The number of hydrogen-bond acceptors (Lipinski definition) is 3. The second-order valence-corrected chi connectivity index (χ2v) is 2.68.